The van der Waals surface area contributed by atoms with Crippen LogP contribution in [0.25, 0.3) is 0 Å². The number of esters is 1. The lowest BCUT2D eigenvalue weighted by Crippen LogP contribution is -2.46. The molecule has 0 spiro atoms. The van der Waals surface area contributed by atoms with E-state index in [1.54, 1.807) is 6.92 Å². The maximum atomic E-state index is 14.6. The number of alkyl halides is 3. The van der Waals surface area contributed by atoms with E-state index in [9.17, 15) is 22.4 Å². The molecule has 3 rings (SSSR count). The fourth-order valence-corrected chi connectivity index (χ4v) is 4.02. The average Bonchev–Trinajstić information content (AvgIpc) is 2.71. The monoisotopic (exact) mass is 423 g/mol. The van der Waals surface area contributed by atoms with Crippen LogP contribution >= 0.6 is 0 Å². The zero-order valence-electron chi connectivity index (χ0n) is 16.8. The van der Waals surface area contributed by atoms with Crippen LogP contribution in [0.4, 0.5) is 17.6 Å². The number of hydrogen-bond donors (Lipinski definition) is 0. The molecule has 1 aliphatic rings. The third-order valence-corrected chi connectivity index (χ3v) is 5.68. The van der Waals surface area contributed by atoms with Crippen molar-refractivity contribution in [1.29, 1.82) is 0 Å². The number of carbonyl (C=O) groups excluding carboxylic acids is 1. The SMILES string of the molecule is CCOC(=O)C1(Cc2cccc(C(F)(F)F)c2F)CCN(Cc2ccccc2)CC1. The molecule has 0 unspecified atom stereocenters. The van der Waals surface area contributed by atoms with Crippen molar-refractivity contribution in [3.05, 3.63) is 71.0 Å². The largest absolute Gasteiger partial charge is 0.466 e. The van der Waals surface area contributed by atoms with E-state index < -0.39 is 28.9 Å². The molecule has 0 aliphatic carbocycles. The van der Waals surface area contributed by atoms with E-state index in [-0.39, 0.29) is 18.6 Å². The zero-order chi connectivity index (χ0) is 21.8. The van der Waals surface area contributed by atoms with E-state index in [1.165, 1.54) is 12.1 Å². The van der Waals surface area contributed by atoms with Gasteiger partial charge in [-0.2, -0.15) is 13.2 Å². The first-order chi connectivity index (χ1) is 14.2. The van der Waals surface area contributed by atoms with Crippen molar-refractivity contribution in [2.45, 2.75) is 38.9 Å². The number of ether oxygens (including phenoxy) is 1. The number of hydrogen-bond acceptors (Lipinski definition) is 3. The van der Waals surface area contributed by atoms with Crippen LogP contribution in [0.3, 0.4) is 0 Å². The minimum atomic E-state index is -4.78. The Labute approximate surface area is 173 Å². The number of rotatable bonds is 6. The molecule has 1 aliphatic heterocycles. The van der Waals surface area contributed by atoms with Gasteiger partial charge in [0.1, 0.15) is 5.82 Å². The third-order valence-electron chi connectivity index (χ3n) is 5.68. The van der Waals surface area contributed by atoms with Gasteiger partial charge in [0.2, 0.25) is 0 Å². The highest BCUT2D eigenvalue weighted by Gasteiger charge is 2.44. The van der Waals surface area contributed by atoms with Gasteiger partial charge in [0.05, 0.1) is 17.6 Å². The Morgan fingerprint density at radius 3 is 2.33 bits per heavy atom. The Morgan fingerprint density at radius 1 is 1.07 bits per heavy atom. The molecule has 0 radical (unpaired) electrons. The van der Waals surface area contributed by atoms with E-state index in [0.29, 0.717) is 25.9 Å². The minimum Gasteiger partial charge on any atom is -0.466 e. The molecule has 0 bridgehead atoms. The number of likely N-dealkylation sites (tertiary alicyclic amines) is 1. The topological polar surface area (TPSA) is 29.5 Å². The van der Waals surface area contributed by atoms with E-state index in [0.717, 1.165) is 18.2 Å². The Bertz CT molecular complexity index is 859. The van der Waals surface area contributed by atoms with Crippen LogP contribution in [0, 0.1) is 11.2 Å². The fraction of sp³-hybridized carbons (Fsp3) is 0.435. The molecule has 0 N–H and O–H groups in total. The van der Waals surface area contributed by atoms with Gasteiger partial charge in [-0.1, -0.05) is 42.5 Å². The molecule has 0 amide bonds. The van der Waals surface area contributed by atoms with Crippen LogP contribution in [0.5, 0.6) is 0 Å². The summed E-state index contributed by atoms with van der Waals surface area (Å²) in [6.07, 6.45) is -4.10. The minimum absolute atomic E-state index is 0.102. The molecular formula is C23H25F4NO2. The molecule has 0 atom stereocenters. The highest BCUT2D eigenvalue weighted by atomic mass is 19.4. The van der Waals surface area contributed by atoms with Gasteiger partial charge < -0.3 is 4.74 Å². The molecule has 1 fully saturated rings. The highest BCUT2D eigenvalue weighted by Crippen LogP contribution is 2.39. The van der Waals surface area contributed by atoms with Gasteiger partial charge in [-0.25, -0.2) is 4.39 Å². The van der Waals surface area contributed by atoms with Crippen molar-refractivity contribution in [1.82, 2.24) is 4.90 Å². The van der Waals surface area contributed by atoms with E-state index in [4.69, 9.17) is 4.74 Å². The molecule has 1 heterocycles. The predicted octanol–water partition coefficient (Wildman–Crippen LogP) is 5.23. The number of benzene rings is 2. The molecule has 1 saturated heterocycles. The van der Waals surface area contributed by atoms with Crippen LogP contribution in [0.15, 0.2) is 48.5 Å². The van der Waals surface area contributed by atoms with Gasteiger partial charge in [-0.3, -0.25) is 9.69 Å². The second kappa shape index (κ2) is 9.16. The van der Waals surface area contributed by atoms with Gasteiger partial charge in [-0.05, 0) is 56.5 Å². The lowest BCUT2D eigenvalue weighted by Gasteiger charge is -2.40. The third kappa shape index (κ3) is 5.01. The van der Waals surface area contributed by atoms with Gasteiger partial charge in [0.25, 0.3) is 0 Å². The smallest absolute Gasteiger partial charge is 0.419 e. The summed E-state index contributed by atoms with van der Waals surface area (Å²) in [5, 5.41) is 0. The fourth-order valence-electron chi connectivity index (χ4n) is 4.02. The average molecular weight is 423 g/mol. The lowest BCUT2D eigenvalue weighted by atomic mass is 9.73. The summed E-state index contributed by atoms with van der Waals surface area (Å²) in [7, 11) is 0. The van der Waals surface area contributed by atoms with Crippen molar-refractivity contribution in [2.75, 3.05) is 19.7 Å². The first kappa shape index (κ1) is 22.3. The molecule has 3 nitrogen and oxygen atoms in total. The molecule has 7 heteroatoms. The number of piperidine rings is 1. The van der Waals surface area contributed by atoms with Crippen LogP contribution in [-0.2, 0) is 28.7 Å². The Morgan fingerprint density at radius 2 is 1.73 bits per heavy atom. The molecule has 162 valence electrons. The highest BCUT2D eigenvalue weighted by molar-refractivity contribution is 5.77. The molecule has 2 aromatic rings. The van der Waals surface area contributed by atoms with E-state index in [2.05, 4.69) is 4.90 Å². The lowest BCUT2D eigenvalue weighted by molar-refractivity contribution is -0.158. The number of nitrogens with zero attached hydrogens (tertiary/aromatic N) is 1. The molecule has 0 aromatic heterocycles. The summed E-state index contributed by atoms with van der Waals surface area (Å²) < 4.78 is 59.2. The first-order valence-corrected chi connectivity index (χ1v) is 10.0. The summed E-state index contributed by atoms with van der Waals surface area (Å²) >= 11 is 0. The second-order valence-corrected chi connectivity index (χ2v) is 7.72. The van der Waals surface area contributed by atoms with Crippen LogP contribution in [0.1, 0.15) is 36.5 Å². The number of halogens is 4. The predicted molar refractivity (Wildman–Crippen MR) is 105 cm³/mol. The van der Waals surface area contributed by atoms with Crippen molar-refractivity contribution < 1.29 is 27.1 Å². The van der Waals surface area contributed by atoms with Crippen LogP contribution in [0.2, 0.25) is 0 Å². The van der Waals surface area contributed by atoms with Crippen molar-refractivity contribution in [3.63, 3.8) is 0 Å². The summed E-state index contributed by atoms with van der Waals surface area (Å²) in [6, 6.07) is 13.1. The maximum Gasteiger partial charge on any atom is 0.419 e. The molecule has 2 aromatic carbocycles. The Hall–Kier alpha value is -2.41. The summed E-state index contributed by atoms with van der Waals surface area (Å²) in [4.78, 5) is 15.0. The first-order valence-electron chi connectivity index (χ1n) is 10.0. The Kier molecular flexibility index (Phi) is 6.81. The van der Waals surface area contributed by atoms with Gasteiger partial charge in [0, 0.05) is 6.54 Å². The van der Waals surface area contributed by atoms with Crippen LogP contribution < -0.4 is 0 Å². The van der Waals surface area contributed by atoms with Crippen molar-refractivity contribution in [3.8, 4) is 0 Å². The van der Waals surface area contributed by atoms with Gasteiger partial charge in [-0.15, -0.1) is 0 Å². The van der Waals surface area contributed by atoms with E-state index in [1.807, 2.05) is 30.3 Å². The molecular weight excluding hydrogens is 398 g/mol. The summed E-state index contributed by atoms with van der Waals surface area (Å²) in [5.41, 5.74) is -1.30. The summed E-state index contributed by atoms with van der Waals surface area (Å²) in [6.45, 7) is 3.72. The molecule has 30 heavy (non-hydrogen) atoms. The number of carbonyl (C=O) groups is 1. The van der Waals surface area contributed by atoms with Crippen molar-refractivity contribution >= 4 is 5.97 Å². The summed E-state index contributed by atoms with van der Waals surface area (Å²) in [5.74, 6) is -1.78. The van der Waals surface area contributed by atoms with Gasteiger partial charge in [0.15, 0.2) is 0 Å². The van der Waals surface area contributed by atoms with Crippen LogP contribution in [-0.4, -0.2) is 30.6 Å². The Balaban J connectivity index is 1.80. The second-order valence-electron chi connectivity index (χ2n) is 7.72. The van der Waals surface area contributed by atoms with Gasteiger partial charge >= 0.3 is 12.1 Å². The van der Waals surface area contributed by atoms with E-state index >= 15 is 0 Å². The zero-order valence-corrected chi connectivity index (χ0v) is 16.8. The molecule has 0 saturated carbocycles. The quantitative estimate of drug-likeness (QED) is 0.471. The van der Waals surface area contributed by atoms with Crippen molar-refractivity contribution in [2.24, 2.45) is 5.41 Å². The normalized spacial score (nSPS) is 17.0. The standard InChI is InChI=1S/C23H25F4NO2/c1-2-30-21(29)22(15-18-9-6-10-19(20(18)24)23(25,26)27)11-13-28(14-12-22)16-17-7-4-3-5-8-17/h3-10H,2,11-16H2,1H3. The maximum absolute atomic E-state index is 14.6.